The molecule has 0 aliphatic rings. The van der Waals surface area contributed by atoms with Crippen molar-refractivity contribution in [3.05, 3.63) is 0 Å². The molecule has 62 valence electrons. The van der Waals surface area contributed by atoms with Crippen molar-refractivity contribution in [2.75, 3.05) is 7.11 Å². The first kappa shape index (κ1) is 10.3. The molecule has 0 aromatic heterocycles. The highest BCUT2D eigenvalue weighted by molar-refractivity contribution is 7.40. The summed E-state index contributed by atoms with van der Waals surface area (Å²) in [5, 5.41) is 0. The summed E-state index contributed by atoms with van der Waals surface area (Å²) in [5.41, 5.74) is -0.415. The average Bonchev–Trinajstić information content (AvgIpc) is 1.81. The second kappa shape index (κ2) is 4.21. The molecular weight excluding hydrogens is 155 g/mol. The predicted octanol–water partition coefficient (Wildman–Crippen LogP) is 1.60. The van der Waals surface area contributed by atoms with Crippen LogP contribution in [0.5, 0.6) is 0 Å². The van der Waals surface area contributed by atoms with E-state index in [0.29, 0.717) is 0 Å². The van der Waals surface area contributed by atoms with Gasteiger partial charge in [0.05, 0.1) is 5.60 Å². The molecule has 1 N–H and O–H groups in total. The van der Waals surface area contributed by atoms with Gasteiger partial charge in [-0.1, -0.05) is 0 Å². The highest BCUT2D eigenvalue weighted by Gasteiger charge is 2.15. The van der Waals surface area contributed by atoms with E-state index in [9.17, 15) is 0 Å². The molecule has 0 bridgehead atoms. The van der Waals surface area contributed by atoms with Gasteiger partial charge in [0.15, 0.2) is 0 Å². The van der Waals surface area contributed by atoms with Gasteiger partial charge in [-0.25, -0.2) is 4.89 Å². The SMILES string of the molecule is COP(O)OOC(C)(C)C. The van der Waals surface area contributed by atoms with Crippen molar-refractivity contribution in [3.63, 3.8) is 0 Å². The maximum absolute atomic E-state index is 8.72. The highest BCUT2D eigenvalue weighted by atomic mass is 31.2. The largest absolute Gasteiger partial charge is 0.359 e. The van der Waals surface area contributed by atoms with Crippen LogP contribution in [-0.2, 0) is 14.1 Å². The van der Waals surface area contributed by atoms with Crippen molar-refractivity contribution in [1.82, 2.24) is 0 Å². The molecule has 0 radical (unpaired) electrons. The van der Waals surface area contributed by atoms with Crippen LogP contribution in [0, 0.1) is 0 Å². The summed E-state index contributed by atoms with van der Waals surface area (Å²) in [5.74, 6) is 0. The van der Waals surface area contributed by atoms with Gasteiger partial charge in [-0.15, -0.1) is 0 Å². The fourth-order valence-corrected chi connectivity index (χ4v) is 0.522. The van der Waals surface area contributed by atoms with Crippen molar-refractivity contribution in [2.45, 2.75) is 26.4 Å². The Hall–Kier alpha value is 0.270. The van der Waals surface area contributed by atoms with Crippen LogP contribution in [0.1, 0.15) is 20.8 Å². The molecule has 1 atom stereocenters. The van der Waals surface area contributed by atoms with Gasteiger partial charge in [-0.05, 0) is 20.8 Å². The lowest BCUT2D eigenvalue weighted by molar-refractivity contribution is -0.280. The van der Waals surface area contributed by atoms with Crippen molar-refractivity contribution < 1.29 is 19.0 Å². The summed E-state index contributed by atoms with van der Waals surface area (Å²) in [6.45, 7) is 5.43. The topological polar surface area (TPSA) is 47.9 Å². The first-order chi connectivity index (χ1) is 4.45. The average molecular weight is 168 g/mol. The van der Waals surface area contributed by atoms with Gasteiger partial charge in [0.2, 0.25) is 0 Å². The van der Waals surface area contributed by atoms with Crippen molar-refractivity contribution in [1.29, 1.82) is 0 Å². The maximum Gasteiger partial charge on any atom is 0.359 e. The quantitative estimate of drug-likeness (QED) is 0.395. The van der Waals surface area contributed by atoms with Crippen LogP contribution in [0.25, 0.3) is 0 Å². The van der Waals surface area contributed by atoms with Gasteiger partial charge in [-0.3, -0.25) is 0 Å². The molecular formula is C5H13O4P. The normalized spacial score (nSPS) is 15.3. The summed E-state index contributed by atoms with van der Waals surface area (Å²) in [6, 6.07) is 0. The van der Waals surface area contributed by atoms with E-state index in [-0.39, 0.29) is 0 Å². The van der Waals surface area contributed by atoms with Crippen molar-refractivity contribution in [3.8, 4) is 0 Å². The smallest absolute Gasteiger partial charge is 0.326 e. The van der Waals surface area contributed by atoms with Crippen LogP contribution < -0.4 is 0 Å². The van der Waals surface area contributed by atoms with Gasteiger partial charge >= 0.3 is 8.60 Å². The number of hydrogen-bond donors (Lipinski definition) is 1. The lowest BCUT2D eigenvalue weighted by atomic mass is 10.2. The van der Waals surface area contributed by atoms with Gasteiger partial charge in [0, 0.05) is 7.11 Å². The fraction of sp³-hybridized carbons (Fsp3) is 1.00. The number of rotatable bonds is 3. The fourth-order valence-electron chi connectivity index (χ4n) is 0.174. The van der Waals surface area contributed by atoms with E-state index in [1.165, 1.54) is 7.11 Å². The van der Waals surface area contributed by atoms with Crippen LogP contribution in [-0.4, -0.2) is 17.6 Å². The Morgan fingerprint density at radius 3 is 2.10 bits per heavy atom. The molecule has 0 aromatic rings. The van der Waals surface area contributed by atoms with Gasteiger partial charge in [0.25, 0.3) is 0 Å². The molecule has 0 fully saturated rings. The second-order valence-corrected chi connectivity index (χ2v) is 3.68. The molecule has 0 saturated heterocycles. The molecule has 1 unspecified atom stereocenters. The van der Waals surface area contributed by atoms with Crippen LogP contribution in [0.15, 0.2) is 0 Å². The minimum Gasteiger partial charge on any atom is -0.326 e. The molecule has 0 spiro atoms. The molecule has 0 heterocycles. The zero-order chi connectivity index (χ0) is 8.20. The zero-order valence-electron chi connectivity index (χ0n) is 6.62. The highest BCUT2D eigenvalue weighted by Crippen LogP contribution is 2.33. The van der Waals surface area contributed by atoms with E-state index in [2.05, 4.69) is 9.20 Å². The maximum atomic E-state index is 8.72. The van der Waals surface area contributed by atoms with Crippen LogP contribution >= 0.6 is 8.60 Å². The van der Waals surface area contributed by atoms with Crippen LogP contribution in [0.4, 0.5) is 0 Å². The Morgan fingerprint density at radius 1 is 1.30 bits per heavy atom. The van der Waals surface area contributed by atoms with Crippen molar-refractivity contribution in [2.24, 2.45) is 0 Å². The van der Waals surface area contributed by atoms with E-state index in [0.717, 1.165) is 0 Å². The Morgan fingerprint density at radius 2 is 1.80 bits per heavy atom. The van der Waals surface area contributed by atoms with E-state index >= 15 is 0 Å². The summed E-state index contributed by atoms with van der Waals surface area (Å²) in [4.78, 5) is 13.5. The van der Waals surface area contributed by atoms with E-state index in [1.807, 2.05) is 20.8 Å². The van der Waals surface area contributed by atoms with Gasteiger partial charge in [0.1, 0.15) is 0 Å². The lowest BCUT2D eigenvalue weighted by Crippen LogP contribution is -2.18. The third-order valence-electron chi connectivity index (χ3n) is 0.507. The molecule has 10 heavy (non-hydrogen) atoms. The lowest BCUT2D eigenvalue weighted by Gasteiger charge is -2.17. The molecule has 0 aromatic carbocycles. The van der Waals surface area contributed by atoms with E-state index in [4.69, 9.17) is 9.78 Å². The molecule has 0 rings (SSSR count). The Labute approximate surface area is 62.0 Å². The standard InChI is InChI=1S/C5H13O4P/c1-5(2,3)8-9-10(6)7-4/h6H,1-4H3. The molecule has 0 amide bonds. The van der Waals surface area contributed by atoms with Gasteiger partial charge in [-0.2, -0.15) is 4.67 Å². The molecule has 0 aliphatic carbocycles. The number of hydrogen-bond acceptors (Lipinski definition) is 4. The minimum atomic E-state index is -1.86. The monoisotopic (exact) mass is 168 g/mol. The molecule has 0 saturated carbocycles. The first-order valence-corrected chi connectivity index (χ1v) is 3.97. The molecule has 0 aliphatic heterocycles. The van der Waals surface area contributed by atoms with Crippen LogP contribution in [0.2, 0.25) is 0 Å². The summed E-state index contributed by atoms with van der Waals surface area (Å²) in [7, 11) is -0.520. The third-order valence-corrected chi connectivity index (χ3v) is 1.02. The Bertz CT molecular complexity index is 90.1. The Kier molecular flexibility index (Phi) is 4.32. The van der Waals surface area contributed by atoms with Crippen LogP contribution in [0.3, 0.4) is 0 Å². The molecule has 4 nitrogen and oxygen atoms in total. The predicted molar refractivity (Wildman–Crippen MR) is 38.1 cm³/mol. The third kappa shape index (κ3) is 6.39. The Balaban J connectivity index is 3.36. The zero-order valence-corrected chi connectivity index (χ0v) is 7.51. The first-order valence-electron chi connectivity index (χ1n) is 2.84. The summed E-state index contributed by atoms with van der Waals surface area (Å²) >= 11 is 0. The minimum absolute atomic E-state index is 0.415. The van der Waals surface area contributed by atoms with Crippen molar-refractivity contribution >= 4 is 8.60 Å². The van der Waals surface area contributed by atoms with E-state index < -0.39 is 14.2 Å². The second-order valence-electron chi connectivity index (χ2n) is 2.69. The summed E-state index contributed by atoms with van der Waals surface area (Å²) < 4.78 is 8.87. The van der Waals surface area contributed by atoms with E-state index in [1.54, 1.807) is 0 Å². The molecule has 5 heteroatoms. The summed E-state index contributed by atoms with van der Waals surface area (Å²) in [6.07, 6.45) is 0. The van der Waals surface area contributed by atoms with Gasteiger partial charge < -0.3 is 9.42 Å².